The zero-order valence-corrected chi connectivity index (χ0v) is 5.97. The predicted octanol–water partition coefficient (Wildman–Crippen LogP) is 0.881. The molecule has 1 atom stereocenters. The van der Waals surface area contributed by atoms with Gasteiger partial charge in [0.05, 0.1) is 6.10 Å². The molecular formula is C8H12O2. The largest absolute Gasteiger partial charge is 0.393 e. The van der Waals surface area contributed by atoms with Crippen LogP contribution in [0, 0.1) is 5.41 Å². The quantitative estimate of drug-likeness (QED) is 0.542. The van der Waals surface area contributed by atoms with Crippen LogP contribution in [0.25, 0.3) is 0 Å². The molecule has 0 radical (unpaired) electrons. The van der Waals surface area contributed by atoms with Gasteiger partial charge in [-0.05, 0) is 19.3 Å². The van der Waals surface area contributed by atoms with E-state index in [1.165, 1.54) is 0 Å². The summed E-state index contributed by atoms with van der Waals surface area (Å²) < 4.78 is 0. The van der Waals surface area contributed by atoms with E-state index in [1.807, 2.05) is 0 Å². The fraction of sp³-hybridized carbons (Fsp3) is 0.875. The first-order valence-corrected chi connectivity index (χ1v) is 3.93. The van der Waals surface area contributed by atoms with Crippen molar-refractivity contribution >= 4 is 5.78 Å². The first-order chi connectivity index (χ1) is 4.73. The molecule has 10 heavy (non-hydrogen) atoms. The van der Waals surface area contributed by atoms with Crippen molar-refractivity contribution in [1.29, 1.82) is 0 Å². The molecule has 2 rings (SSSR count). The van der Waals surface area contributed by atoms with Crippen LogP contribution in [-0.2, 0) is 4.79 Å². The number of Topliss-reactive ketones (excluding diaryl/α,β-unsaturated/α-hetero) is 1. The smallest absolute Gasteiger partial charge is 0.133 e. The SMILES string of the molecule is O=C1CCC(O)C2(CC2)C1. The third-order valence-corrected chi connectivity index (χ3v) is 2.84. The molecule has 2 fully saturated rings. The third kappa shape index (κ3) is 0.788. The summed E-state index contributed by atoms with van der Waals surface area (Å²) in [6.07, 6.45) is 3.92. The molecule has 2 aliphatic rings. The summed E-state index contributed by atoms with van der Waals surface area (Å²) in [7, 11) is 0. The summed E-state index contributed by atoms with van der Waals surface area (Å²) in [5.74, 6) is 0.350. The Morgan fingerprint density at radius 2 is 2.20 bits per heavy atom. The molecule has 2 heteroatoms. The highest BCUT2D eigenvalue weighted by Gasteiger charge is 2.51. The van der Waals surface area contributed by atoms with Crippen LogP contribution in [0.1, 0.15) is 32.1 Å². The molecule has 0 saturated heterocycles. The second-order valence-corrected chi connectivity index (χ2v) is 3.63. The van der Waals surface area contributed by atoms with Gasteiger partial charge in [0.25, 0.3) is 0 Å². The molecule has 1 N–H and O–H groups in total. The number of carbonyl (C=O) groups excluding carboxylic acids is 1. The minimum Gasteiger partial charge on any atom is -0.393 e. The molecule has 2 saturated carbocycles. The highest BCUT2D eigenvalue weighted by Crippen LogP contribution is 2.55. The van der Waals surface area contributed by atoms with Crippen LogP contribution in [0.4, 0.5) is 0 Å². The molecule has 2 nitrogen and oxygen atoms in total. The van der Waals surface area contributed by atoms with E-state index in [0.717, 1.165) is 12.8 Å². The summed E-state index contributed by atoms with van der Waals surface area (Å²) in [4.78, 5) is 11.0. The number of aliphatic hydroxyl groups excluding tert-OH is 1. The lowest BCUT2D eigenvalue weighted by Gasteiger charge is -2.25. The fourth-order valence-corrected chi connectivity index (χ4v) is 1.87. The van der Waals surface area contributed by atoms with Crippen molar-refractivity contribution in [3.05, 3.63) is 0 Å². The Morgan fingerprint density at radius 1 is 1.50 bits per heavy atom. The monoisotopic (exact) mass is 140 g/mol. The number of aliphatic hydroxyl groups is 1. The van der Waals surface area contributed by atoms with Crippen LogP contribution in [0.5, 0.6) is 0 Å². The lowest BCUT2D eigenvalue weighted by Crippen LogP contribution is -2.30. The van der Waals surface area contributed by atoms with Gasteiger partial charge in [-0.1, -0.05) is 0 Å². The van der Waals surface area contributed by atoms with Gasteiger partial charge in [-0.3, -0.25) is 4.79 Å². The average molecular weight is 140 g/mol. The maximum atomic E-state index is 11.0. The first-order valence-electron chi connectivity index (χ1n) is 3.93. The van der Waals surface area contributed by atoms with Crippen molar-refractivity contribution in [2.24, 2.45) is 5.41 Å². The van der Waals surface area contributed by atoms with Crippen LogP contribution in [0.2, 0.25) is 0 Å². The number of ketones is 1. The summed E-state index contributed by atoms with van der Waals surface area (Å²) in [5.41, 5.74) is 0.0648. The Balaban J connectivity index is 2.10. The normalized spacial score (nSPS) is 36.5. The summed E-state index contributed by atoms with van der Waals surface area (Å²) in [6, 6.07) is 0. The number of hydrogen-bond donors (Lipinski definition) is 1. The van der Waals surface area contributed by atoms with E-state index in [1.54, 1.807) is 0 Å². The standard InChI is InChI=1S/C8H12O2/c9-6-1-2-7(10)8(5-6)3-4-8/h7,10H,1-5H2. The Kier molecular flexibility index (Phi) is 1.15. The highest BCUT2D eigenvalue weighted by molar-refractivity contribution is 5.80. The summed E-state index contributed by atoms with van der Waals surface area (Å²) in [6.45, 7) is 0. The minimum absolute atomic E-state index is 0.0648. The molecule has 1 unspecified atom stereocenters. The van der Waals surface area contributed by atoms with Crippen LogP contribution >= 0.6 is 0 Å². The molecule has 0 heterocycles. The van der Waals surface area contributed by atoms with Gasteiger partial charge in [-0.15, -0.1) is 0 Å². The van der Waals surface area contributed by atoms with Gasteiger partial charge < -0.3 is 5.11 Å². The number of hydrogen-bond acceptors (Lipinski definition) is 2. The van der Waals surface area contributed by atoms with Gasteiger partial charge in [0.2, 0.25) is 0 Å². The van der Waals surface area contributed by atoms with Crippen LogP contribution in [0.3, 0.4) is 0 Å². The minimum atomic E-state index is -0.176. The van der Waals surface area contributed by atoms with Gasteiger partial charge in [-0.2, -0.15) is 0 Å². The highest BCUT2D eigenvalue weighted by atomic mass is 16.3. The summed E-state index contributed by atoms with van der Waals surface area (Å²) >= 11 is 0. The molecule has 0 bridgehead atoms. The van der Waals surface area contributed by atoms with Crippen LogP contribution < -0.4 is 0 Å². The first kappa shape index (κ1) is 6.35. The van der Waals surface area contributed by atoms with Crippen molar-refractivity contribution in [2.75, 3.05) is 0 Å². The van der Waals surface area contributed by atoms with Crippen molar-refractivity contribution in [1.82, 2.24) is 0 Å². The van der Waals surface area contributed by atoms with Gasteiger partial charge >= 0.3 is 0 Å². The lowest BCUT2D eigenvalue weighted by atomic mass is 9.83. The Bertz CT molecular complexity index is 170. The molecule has 1 spiro atoms. The van der Waals surface area contributed by atoms with Gasteiger partial charge in [-0.25, -0.2) is 0 Å². The molecule has 0 aliphatic heterocycles. The number of rotatable bonds is 0. The Morgan fingerprint density at radius 3 is 2.70 bits per heavy atom. The van der Waals surface area contributed by atoms with E-state index in [4.69, 9.17) is 0 Å². The van der Waals surface area contributed by atoms with Crippen LogP contribution in [0.15, 0.2) is 0 Å². The summed E-state index contributed by atoms with van der Waals surface area (Å²) in [5, 5.41) is 9.46. The van der Waals surface area contributed by atoms with Crippen LogP contribution in [-0.4, -0.2) is 17.0 Å². The van der Waals surface area contributed by atoms with Crippen molar-refractivity contribution in [2.45, 2.75) is 38.2 Å². The van der Waals surface area contributed by atoms with Gasteiger partial charge in [0, 0.05) is 18.3 Å². The van der Waals surface area contributed by atoms with Crippen molar-refractivity contribution < 1.29 is 9.90 Å². The van der Waals surface area contributed by atoms with E-state index in [-0.39, 0.29) is 11.5 Å². The van der Waals surface area contributed by atoms with E-state index in [2.05, 4.69) is 0 Å². The molecule has 0 aromatic carbocycles. The maximum Gasteiger partial charge on any atom is 0.133 e. The van der Waals surface area contributed by atoms with Gasteiger partial charge in [0.1, 0.15) is 5.78 Å². The van der Waals surface area contributed by atoms with Crippen molar-refractivity contribution in [3.63, 3.8) is 0 Å². The lowest BCUT2D eigenvalue weighted by molar-refractivity contribution is -0.125. The molecule has 0 amide bonds. The van der Waals surface area contributed by atoms with Crippen molar-refractivity contribution in [3.8, 4) is 0 Å². The zero-order valence-electron chi connectivity index (χ0n) is 5.97. The molecule has 56 valence electrons. The fourth-order valence-electron chi connectivity index (χ4n) is 1.87. The third-order valence-electron chi connectivity index (χ3n) is 2.84. The molecule has 2 aliphatic carbocycles. The Hall–Kier alpha value is -0.370. The Labute approximate surface area is 60.2 Å². The molecular weight excluding hydrogens is 128 g/mol. The van der Waals surface area contributed by atoms with E-state index >= 15 is 0 Å². The maximum absolute atomic E-state index is 11.0. The zero-order chi connectivity index (χ0) is 7.19. The van der Waals surface area contributed by atoms with E-state index in [9.17, 15) is 9.90 Å². The predicted molar refractivity (Wildman–Crippen MR) is 36.5 cm³/mol. The van der Waals surface area contributed by atoms with E-state index < -0.39 is 0 Å². The second kappa shape index (κ2) is 1.82. The number of carbonyl (C=O) groups is 1. The average Bonchev–Trinajstić information content (AvgIpc) is 2.62. The topological polar surface area (TPSA) is 37.3 Å². The van der Waals surface area contributed by atoms with E-state index in [0.29, 0.717) is 25.0 Å². The van der Waals surface area contributed by atoms with Gasteiger partial charge in [0.15, 0.2) is 0 Å². The molecule has 0 aromatic heterocycles. The second-order valence-electron chi connectivity index (χ2n) is 3.63. The molecule has 0 aromatic rings.